The van der Waals surface area contributed by atoms with Crippen molar-refractivity contribution in [3.63, 3.8) is 0 Å². The predicted octanol–water partition coefficient (Wildman–Crippen LogP) is 2.26. The van der Waals surface area contributed by atoms with Gasteiger partial charge in [-0.25, -0.2) is 5.84 Å². The number of amides is 1. The number of carbonyl (C=O) groups excluding carboxylic acids is 1. The lowest BCUT2D eigenvalue weighted by Crippen LogP contribution is -2.51. The summed E-state index contributed by atoms with van der Waals surface area (Å²) >= 11 is 0. The lowest BCUT2D eigenvalue weighted by atomic mass is 9.67. The fourth-order valence-corrected chi connectivity index (χ4v) is 4.78. The van der Waals surface area contributed by atoms with Crippen LogP contribution in [0.3, 0.4) is 0 Å². The molecular formula is C26H39N7O. The number of fused-ring (bicyclic) bond motifs is 1. The molecule has 0 radical (unpaired) electrons. The third-order valence-corrected chi connectivity index (χ3v) is 6.53. The normalized spacial score (nSPS) is 19.6. The minimum Gasteiger partial charge on any atom is -0.392 e. The maximum absolute atomic E-state index is 12.4. The van der Waals surface area contributed by atoms with Crippen molar-refractivity contribution in [2.24, 2.45) is 22.5 Å². The Hall–Kier alpha value is -3.36. The highest BCUT2D eigenvalue weighted by atomic mass is 16.1. The number of hydrogen-bond donors (Lipinski definition) is 6. The first-order valence-electron chi connectivity index (χ1n) is 11.4. The van der Waals surface area contributed by atoms with E-state index in [9.17, 15) is 4.79 Å². The molecule has 184 valence electrons. The van der Waals surface area contributed by atoms with Crippen LogP contribution in [0.1, 0.15) is 54.6 Å². The van der Waals surface area contributed by atoms with Crippen molar-refractivity contribution in [2.75, 3.05) is 14.1 Å². The van der Waals surface area contributed by atoms with Gasteiger partial charge in [-0.05, 0) is 67.5 Å². The number of allylic oxidation sites excluding steroid dienone is 4. The monoisotopic (exact) mass is 465 g/mol. The van der Waals surface area contributed by atoms with E-state index in [1.807, 2.05) is 38.2 Å². The standard InChI is InChI=1S/C26H39N7O/c1-7-19(12-17(3)30-5)13-20-8-9-21-14-22(24(34)31-6)10-11-23(21)26(18(20)4,15-16(2)27)25(32-28)33-29/h7,10-11,13-14,16,30H,1,3,8-9,12,15,27-29H2,2,4-6H3,(H,31,34)(H,32,33)/b19-13+/t16-,26?/m1/s1. The van der Waals surface area contributed by atoms with E-state index in [0.29, 0.717) is 24.2 Å². The van der Waals surface area contributed by atoms with Crippen molar-refractivity contribution in [3.05, 3.63) is 82.6 Å². The number of nitrogens with two attached hydrogens (primary N) is 3. The maximum atomic E-state index is 12.4. The van der Waals surface area contributed by atoms with E-state index in [1.54, 1.807) is 7.05 Å². The smallest absolute Gasteiger partial charge is 0.251 e. The van der Waals surface area contributed by atoms with Gasteiger partial charge in [0.2, 0.25) is 0 Å². The number of amidine groups is 1. The first-order chi connectivity index (χ1) is 16.2. The molecule has 8 nitrogen and oxygen atoms in total. The SMILES string of the molecule is C=C/C(=C\C1=C(C)C(C[C@@H](C)N)(/C(=N/N)NN)c2ccc(C(=O)NC)cc2CC1)CC(=C)NC. The Balaban J connectivity index is 2.87. The number of nitrogens with one attached hydrogen (secondary N) is 3. The molecule has 2 rings (SSSR count). The fourth-order valence-electron chi connectivity index (χ4n) is 4.78. The molecule has 1 unspecified atom stereocenters. The summed E-state index contributed by atoms with van der Waals surface area (Å²) in [5.74, 6) is 12.1. The van der Waals surface area contributed by atoms with E-state index in [2.05, 4.69) is 47.3 Å². The van der Waals surface area contributed by atoms with Gasteiger partial charge in [0.15, 0.2) is 5.84 Å². The first-order valence-corrected chi connectivity index (χ1v) is 11.4. The molecule has 8 heteroatoms. The molecule has 0 fully saturated rings. The summed E-state index contributed by atoms with van der Waals surface area (Å²) in [4.78, 5) is 12.4. The van der Waals surface area contributed by atoms with Crippen LogP contribution >= 0.6 is 0 Å². The van der Waals surface area contributed by atoms with Gasteiger partial charge in [-0.3, -0.25) is 4.79 Å². The Bertz CT molecular complexity index is 1040. The highest BCUT2D eigenvalue weighted by Gasteiger charge is 2.44. The van der Waals surface area contributed by atoms with E-state index < -0.39 is 5.41 Å². The molecule has 1 amide bonds. The number of aryl methyl sites for hydroxylation is 1. The Kier molecular flexibility index (Phi) is 9.23. The van der Waals surface area contributed by atoms with Crippen molar-refractivity contribution in [1.29, 1.82) is 0 Å². The molecule has 1 aliphatic rings. The van der Waals surface area contributed by atoms with Gasteiger partial charge in [-0.2, -0.15) is 5.10 Å². The average Bonchev–Trinajstić information content (AvgIpc) is 2.93. The van der Waals surface area contributed by atoms with Crippen molar-refractivity contribution in [3.8, 4) is 0 Å². The van der Waals surface area contributed by atoms with Crippen LogP contribution in [-0.2, 0) is 11.8 Å². The number of rotatable bonds is 9. The summed E-state index contributed by atoms with van der Waals surface area (Å²) in [6.45, 7) is 12.1. The van der Waals surface area contributed by atoms with Crippen molar-refractivity contribution < 1.29 is 4.79 Å². The summed E-state index contributed by atoms with van der Waals surface area (Å²) in [5.41, 5.74) is 15.0. The van der Waals surface area contributed by atoms with Gasteiger partial charge in [0.05, 0.1) is 5.41 Å². The van der Waals surface area contributed by atoms with Crippen molar-refractivity contribution in [1.82, 2.24) is 16.1 Å². The van der Waals surface area contributed by atoms with Crippen LogP contribution in [0.4, 0.5) is 0 Å². The minimum atomic E-state index is -0.789. The van der Waals surface area contributed by atoms with Gasteiger partial charge in [-0.1, -0.05) is 36.9 Å². The van der Waals surface area contributed by atoms with Gasteiger partial charge in [0, 0.05) is 37.8 Å². The topological polar surface area (TPSA) is 144 Å². The molecule has 0 bridgehead atoms. The van der Waals surface area contributed by atoms with Crippen LogP contribution in [-0.4, -0.2) is 31.9 Å². The quantitative estimate of drug-likeness (QED) is 0.109. The second-order valence-corrected chi connectivity index (χ2v) is 8.76. The Morgan fingerprint density at radius 2 is 2.00 bits per heavy atom. The van der Waals surface area contributed by atoms with Crippen LogP contribution in [0, 0.1) is 0 Å². The molecule has 0 heterocycles. The molecule has 1 aromatic rings. The second-order valence-electron chi connectivity index (χ2n) is 8.76. The second kappa shape index (κ2) is 11.7. The van der Waals surface area contributed by atoms with Gasteiger partial charge >= 0.3 is 0 Å². The summed E-state index contributed by atoms with van der Waals surface area (Å²) in [6.07, 6.45) is 6.65. The largest absolute Gasteiger partial charge is 0.392 e. The molecule has 1 aliphatic carbocycles. The van der Waals surface area contributed by atoms with E-state index in [-0.39, 0.29) is 11.9 Å². The molecular weight excluding hydrogens is 426 g/mol. The van der Waals surface area contributed by atoms with Crippen molar-refractivity contribution >= 4 is 11.7 Å². The molecule has 0 saturated carbocycles. The molecule has 0 spiro atoms. The van der Waals surface area contributed by atoms with Crippen LogP contribution in [0.25, 0.3) is 0 Å². The Labute approximate surface area is 203 Å². The van der Waals surface area contributed by atoms with Crippen LogP contribution < -0.4 is 33.5 Å². The number of hydrogen-bond acceptors (Lipinski definition) is 6. The predicted molar refractivity (Wildman–Crippen MR) is 141 cm³/mol. The summed E-state index contributed by atoms with van der Waals surface area (Å²) in [7, 11) is 3.47. The average molecular weight is 466 g/mol. The van der Waals surface area contributed by atoms with E-state index >= 15 is 0 Å². The summed E-state index contributed by atoms with van der Waals surface area (Å²) in [6, 6.07) is 5.54. The molecule has 0 saturated heterocycles. The number of nitrogens with zero attached hydrogens (tertiary/aromatic N) is 1. The summed E-state index contributed by atoms with van der Waals surface area (Å²) < 4.78 is 0. The highest BCUT2D eigenvalue weighted by Crippen LogP contribution is 2.44. The third-order valence-electron chi connectivity index (χ3n) is 6.53. The minimum absolute atomic E-state index is 0.140. The highest BCUT2D eigenvalue weighted by molar-refractivity contribution is 5.98. The van der Waals surface area contributed by atoms with Gasteiger partial charge in [-0.15, -0.1) is 0 Å². The lowest BCUT2D eigenvalue weighted by Gasteiger charge is -2.38. The zero-order valence-electron chi connectivity index (χ0n) is 20.8. The molecule has 2 atom stereocenters. The van der Waals surface area contributed by atoms with Gasteiger partial charge in [0.1, 0.15) is 0 Å². The first kappa shape index (κ1) is 26.9. The Morgan fingerprint density at radius 1 is 1.29 bits per heavy atom. The molecule has 0 aliphatic heterocycles. The number of benzene rings is 1. The maximum Gasteiger partial charge on any atom is 0.251 e. The van der Waals surface area contributed by atoms with E-state index in [0.717, 1.165) is 46.4 Å². The van der Waals surface area contributed by atoms with Crippen LogP contribution in [0.15, 0.2) is 71.0 Å². The number of hydrazine groups is 1. The Morgan fingerprint density at radius 3 is 2.53 bits per heavy atom. The summed E-state index contributed by atoms with van der Waals surface area (Å²) in [5, 5.41) is 9.85. The third kappa shape index (κ3) is 5.40. The number of carbonyl (C=O) groups is 1. The van der Waals surface area contributed by atoms with Crippen molar-refractivity contribution in [2.45, 2.75) is 51.0 Å². The van der Waals surface area contributed by atoms with Crippen LogP contribution in [0.5, 0.6) is 0 Å². The van der Waals surface area contributed by atoms with E-state index in [4.69, 9.17) is 17.4 Å². The van der Waals surface area contributed by atoms with Gasteiger partial charge < -0.3 is 27.6 Å². The molecule has 9 N–H and O–H groups in total. The molecule has 34 heavy (non-hydrogen) atoms. The number of hydrazone groups is 1. The van der Waals surface area contributed by atoms with Crippen LogP contribution in [0.2, 0.25) is 0 Å². The van der Waals surface area contributed by atoms with E-state index in [1.165, 1.54) is 0 Å². The lowest BCUT2D eigenvalue weighted by molar-refractivity contribution is 0.0963. The zero-order valence-corrected chi connectivity index (χ0v) is 20.8. The fraction of sp³-hybridized carbons (Fsp3) is 0.385. The molecule has 1 aromatic carbocycles. The zero-order chi connectivity index (χ0) is 25.5. The molecule has 0 aromatic heterocycles. The van der Waals surface area contributed by atoms with Gasteiger partial charge in [0.25, 0.3) is 5.91 Å².